The summed E-state index contributed by atoms with van der Waals surface area (Å²) in [5, 5.41) is 3.28. The van der Waals surface area contributed by atoms with Gasteiger partial charge in [0.2, 0.25) is 0 Å². The van der Waals surface area contributed by atoms with E-state index in [0.29, 0.717) is 6.04 Å². The van der Waals surface area contributed by atoms with Gasteiger partial charge in [-0.3, -0.25) is 4.99 Å². The molecule has 0 saturated carbocycles. The summed E-state index contributed by atoms with van der Waals surface area (Å²) in [4.78, 5) is 8.77. The lowest BCUT2D eigenvalue weighted by Gasteiger charge is -2.05. The van der Waals surface area contributed by atoms with Gasteiger partial charge in [0, 0.05) is 11.7 Å². The zero-order valence-electron chi connectivity index (χ0n) is 7.91. The van der Waals surface area contributed by atoms with E-state index in [-0.39, 0.29) is 0 Å². The number of nitrogens with one attached hydrogen (secondary N) is 1. The van der Waals surface area contributed by atoms with E-state index in [9.17, 15) is 0 Å². The van der Waals surface area contributed by atoms with Gasteiger partial charge in [0.05, 0.1) is 6.54 Å². The number of hydrogen-bond donors (Lipinski definition) is 1. The van der Waals surface area contributed by atoms with Crippen LogP contribution in [0.1, 0.15) is 18.3 Å². The first-order chi connectivity index (χ1) is 6.25. The van der Waals surface area contributed by atoms with Crippen molar-refractivity contribution in [2.24, 2.45) is 4.99 Å². The molecule has 1 unspecified atom stereocenters. The second-order valence-corrected chi connectivity index (χ2v) is 3.40. The smallest absolute Gasteiger partial charge is 0.147 e. The van der Waals surface area contributed by atoms with Crippen molar-refractivity contribution in [2.45, 2.75) is 19.9 Å². The summed E-state index contributed by atoms with van der Waals surface area (Å²) in [5.41, 5.74) is 1.98. The maximum atomic E-state index is 4.40. The second-order valence-electron chi connectivity index (χ2n) is 3.40. The Labute approximate surface area is 77.9 Å². The zero-order valence-corrected chi connectivity index (χ0v) is 7.91. The third-order valence-electron chi connectivity index (χ3n) is 2.04. The average molecular weight is 175 g/mol. The van der Waals surface area contributed by atoms with Crippen LogP contribution in [0.25, 0.3) is 0 Å². The molecule has 1 aromatic rings. The van der Waals surface area contributed by atoms with Crippen LogP contribution in [-0.2, 0) is 0 Å². The first kappa shape index (κ1) is 8.23. The van der Waals surface area contributed by atoms with Gasteiger partial charge in [0.25, 0.3) is 0 Å². The van der Waals surface area contributed by atoms with E-state index in [2.05, 4.69) is 22.2 Å². The average Bonchev–Trinajstić information content (AvgIpc) is 2.52. The molecule has 3 heteroatoms. The topological polar surface area (TPSA) is 37.3 Å². The highest BCUT2D eigenvalue weighted by molar-refractivity contribution is 5.98. The molecule has 0 saturated heterocycles. The van der Waals surface area contributed by atoms with Gasteiger partial charge < -0.3 is 5.32 Å². The van der Waals surface area contributed by atoms with Crippen molar-refractivity contribution in [3.63, 3.8) is 0 Å². The Morgan fingerprint density at radius 2 is 2.31 bits per heavy atom. The van der Waals surface area contributed by atoms with Crippen molar-refractivity contribution in [3.05, 3.63) is 29.6 Å². The van der Waals surface area contributed by atoms with E-state index < -0.39 is 0 Å². The van der Waals surface area contributed by atoms with Gasteiger partial charge in [-0.25, -0.2) is 4.98 Å². The Morgan fingerprint density at radius 1 is 1.46 bits per heavy atom. The Hall–Kier alpha value is -1.38. The zero-order chi connectivity index (χ0) is 9.26. The minimum atomic E-state index is 0.442. The molecule has 3 nitrogen and oxygen atoms in total. The molecule has 13 heavy (non-hydrogen) atoms. The molecule has 1 atom stereocenters. The summed E-state index contributed by atoms with van der Waals surface area (Å²) in [5.74, 6) is 0.927. The normalized spacial score (nSPS) is 21.1. The molecule has 0 fully saturated rings. The number of rotatable bonds is 1. The van der Waals surface area contributed by atoms with Crippen molar-refractivity contribution in [3.8, 4) is 0 Å². The fourth-order valence-corrected chi connectivity index (χ4v) is 1.38. The minimum absolute atomic E-state index is 0.442. The van der Waals surface area contributed by atoms with Gasteiger partial charge in [-0.2, -0.15) is 0 Å². The van der Waals surface area contributed by atoms with Gasteiger partial charge in [-0.1, -0.05) is 6.07 Å². The molecule has 0 bridgehead atoms. The third-order valence-corrected chi connectivity index (χ3v) is 2.04. The summed E-state index contributed by atoms with van der Waals surface area (Å²) in [7, 11) is 0. The number of pyridine rings is 1. The molecule has 2 rings (SSSR count). The minimum Gasteiger partial charge on any atom is -0.364 e. The van der Waals surface area contributed by atoms with Crippen molar-refractivity contribution in [1.29, 1.82) is 0 Å². The first-order valence-corrected chi connectivity index (χ1v) is 4.51. The fraction of sp³-hybridized carbons (Fsp3) is 0.400. The van der Waals surface area contributed by atoms with E-state index in [0.717, 1.165) is 23.8 Å². The SMILES string of the molecule is Cc1cccc(C2=NCC(C)N2)n1. The Balaban J connectivity index is 2.26. The number of nitrogens with zero attached hydrogens (tertiary/aromatic N) is 2. The van der Waals surface area contributed by atoms with Crippen molar-refractivity contribution in [2.75, 3.05) is 6.54 Å². The molecule has 0 radical (unpaired) electrons. The molecule has 0 amide bonds. The standard InChI is InChI=1S/C10H13N3/c1-7-4-3-5-9(12-7)10-11-6-8(2)13-10/h3-5,8H,6H2,1-2H3,(H,11,13). The number of amidine groups is 1. The van der Waals surface area contributed by atoms with Gasteiger partial charge in [-0.15, -0.1) is 0 Å². The number of hydrogen-bond acceptors (Lipinski definition) is 3. The van der Waals surface area contributed by atoms with E-state index in [1.807, 2.05) is 25.1 Å². The lowest BCUT2D eigenvalue weighted by molar-refractivity contribution is 0.725. The number of aromatic nitrogens is 1. The quantitative estimate of drug-likeness (QED) is 0.694. The maximum absolute atomic E-state index is 4.40. The highest BCUT2D eigenvalue weighted by Gasteiger charge is 2.14. The Bertz CT molecular complexity index is 344. The van der Waals surface area contributed by atoms with Gasteiger partial charge in [-0.05, 0) is 26.0 Å². The first-order valence-electron chi connectivity index (χ1n) is 4.51. The maximum Gasteiger partial charge on any atom is 0.147 e. The van der Waals surface area contributed by atoms with Crippen LogP contribution < -0.4 is 5.32 Å². The molecule has 0 aliphatic carbocycles. The molecular weight excluding hydrogens is 162 g/mol. The van der Waals surface area contributed by atoms with Gasteiger partial charge in [0.1, 0.15) is 11.5 Å². The van der Waals surface area contributed by atoms with Crippen LogP contribution in [0.4, 0.5) is 0 Å². The fourth-order valence-electron chi connectivity index (χ4n) is 1.38. The van der Waals surface area contributed by atoms with Gasteiger partial charge >= 0.3 is 0 Å². The largest absolute Gasteiger partial charge is 0.364 e. The lowest BCUT2D eigenvalue weighted by atomic mass is 10.3. The highest BCUT2D eigenvalue weighted by Crippen LogP contribution is 2.04. The summed E-state index contributed by atoms with van der Waals surface area (Å²) < 4.78 is 0. The molecular formula is C10H13N3. The van der Waals surface area contributed by atoms with Crippen LogP contribution in [-0.4, -0.2) is 23.4 Å². The monoisotopic (exact) mass is 175 g/mol. The van der Waals surface area contributed by atoms with E-state index >= 15 is 0 Å². The summed E-state index contributed by atoms with van der Waals surface area (Å²) >= 11 is 0. The molecule has 1 aromatic heterocycles. The number of aliphatic imine (C=N–C) groups is 1. The van der Waals surface area contributed by atoms with Gasteiger partial charge in [0.15, 0.2) is 0 Å². The highest BCUT2D eigenvalue weighted by atomic mass is 15.1. The summed E-state index contributed by atoms with van der Waals surface area (Å²) in [6.45, 7) is 4.96. The molecule has 1 aliphatic heterocycles. The summed E-state index contributed by atoms with van der Waals surface area (Å²) in [6, 6.07) is 6.42. The predicted molar refractivity (Wildman–Crippen MR) is 53.0 cm³/mol. The Morgan fingerprint density at radius 3 is 2.92 bits per heavy atom. The predicted octanol–water partition coefficient (Wildman–Crippen LogP) is 1.13. The summed E-state index contributed by atoms with van der Waals surface area (Å²) in [6.07, 6.45) is 0. The van der Waals surface area contributed by atoms with Crippen LogP contribution in [0.5, 0.6) is 0 Å². The van der Waals surface area contributed by atoms with Crippen molar-refractivity contribution < 1.29 is 0 Å². The molecule has 2 heterocycles. The number of aryl methyl sites for hydroxylation is 1. The molecule has 0 aromatic carbocycles. The molecule has 1 N–H and O–H groups in total. The Kier molecular flexibility index (Phi) is 2.00. The molecule has 1 aliphatic rings. The lowest BCUT2D eigenvalue weighted by Crippen LogP contribution is -2.28. The van der Waals surface area contributed by atoms with Crippen molar-refractivity contribution in [1.82, 2.24) is 10.3 Å². The van der Waals surface area contributed by atoms with Crippen LogP contribution >= 0.6 is 0 Å². The second kappa shape index (κ2) is 3.17. The molecule has 68 valence electrons. The van der Waals surface area contributed by atoms with Crippen LogP contribution in [0.15, 0.2) is 23.2 Å². The molecule has 0 spiro atoms. The van der Waals surface area contributed by atoms with E-state index in [1.165, 1.54) is 0 Å². The van der Waals surface area contributed by atoms with Crippen LogP contribution in [0, 0.1) is 6.92 Å². The van der Waals surface area contributed by atoms with E-state index in [4.69, 9.17) is 0 Å². The van der Waals surface area contributed by atoms with Crippen LogP contribution in [0.3, 0.4) is 0 Å². The van der Waals surface area contributed by atoms with Crippen molar-refractivity contribution >= 4 is 5.84 Å². The van der Waals surface area contributed by atoms with E-state index in [1.54, 1.807) is 0 Å². The van der Waals surface area contributed by atoms with Crippen LogP contribution in [0.2, 0.25) is 0 Å². The third kappa shape index (κ3) is 1.69.